The first-order chi connectivity index (χ1) is 13.6. The predicted octanol–water partition coefficient (Wildman–Crippen LogP) is 1.57. The zero-order chi connectivity index (χ0) is 19.9. The second-order valence-electron chi connectivity index (χ2n) is 6.86. The molecule has 8 heteroatoms. The van der Waals surface area contributed by atoms with Gasteiger partial charge in [-0.3, -0.25) is 9.69 Å². The Bertz CT molecular complexity index is 864. The lowest BCUT2D eigenvalue weighted by Crippen LogP contribution is -2.41. The number of hydrogen-bond donors (Lipinski definition) is 2. The number of thiocarbonyl (C=S) groups is 1. The van der Waals surface area contributed by atoms with Crippen molar-refractivity contribution in [2.45, 2.75) is 13.0 Å². The number of morpholine rings is 1. The van der Waals surface area contributed by atoms with Gasteiger partial charge in [0.05, 0.1) is 32.4 Å². The van der Waals surface area contributed by atoms with E-state index < -0.39 is 0 Å². The molecular formula is C20H28N4O3S. The Morgan fingerprint density at radius 1 is 1.36 bits per heavy atom. The van der Waals surface area contributed by atoms with E-state index in [0.29, 0.717) is 17.2 Å². The smallest absolute Gasteiger partial charge is 0.253 e. The van der Waals surface area contributed by atoms with Crippen LogP contribution in [0.5, 0.6) is 5.75 Å². The van der Waals surface area contributed by atoms with Gasteiger partial charge in [-0.05, 0) is 42.2 Å². The molecule has 0 saturated carbocycles. The lowest BCUT2D eigenvalue weighted by molar-refractivity contribution is 0.0367. The van der Waals surface area contributed by atoms with Crippen molar-refractivity contribution in [3.63, 3.8) is 0 Å². The third-order valence-corrected chi connectivity index (χ3v) is 5.46. The zero-order valence-electron chi connectivity index (χ0n) is 16.5. The third kappa shape index (κ3) is 5.21. The van der Waals surface area contributed by atoms with Crippen LogP contribution in [-0.4, -0.2) is 73.4 Å². The van der Waals surface area contributed by atoms with Gasteiger partial charge in [0.1, 0.15) is 5.75 Å². The van der Waals surface area contributed by atoms with Crippen LogP contribution in [0.4, 0.5) is 0 Å². The highest BCUT2D eigenvalue weighted by Crippen LogP contribution is 2.19. The van der Waals surface area contributed by atoms with Crippen LogP contribution >= 0.6 is 12.2 Å². The summed E-state index contributed by atoms with van der Waals surface area (Å²) in [5, 5.41) is 4.66. The lowest BCUT2D eigenvalue weighted by Gasteiger charge is -2.29. The van der Waals surface area contributed by atoms with Gasteiger partial charge in [0.2, 0.25) is 0 Å². The molecule has 0 spiro atoms. The number of ether oxygens (including phenoxy) is 2. The minimum atomic E-state index is -0.0992. The molecule has 1 fully saturated rings. The van der Waals surface area contributed by atoms with Gasteiger partial charge in [0, 0.05) is 44.9 Å². The van der Waals surface area contributed by atoms with E-state index in [1.807, 2.05) is 31.3 Å². The first-order valence-electron chi connectivity index (χ1n) is 9.57. The van der Waals surface area contributed by atoms with Gasteiger partial charge in [-0.25, -0.2) is 0 Å². The fourth-order valence-corrected chi connectivity index (χ4v) is 3.55. The van der Waals surface area contributed by atoms with Crippen LogP contribution in [0.1, 0.15) is 12.0 Å². The van der Waals surface area contributed by atoms with Crippen molar-refractivity contribution in [1.29, 1.82) is 0 Å². The minimum absolute atomic E-state index is 0.0992. The van der Waals surface area contributed by atoms with Gasteiger partial charge in [-0.1, -0.05) is 0 Å². The van der Waals surface area contributed by atoms with Gasteiger partial charge in [0.15, 0.2) is 5.11 Å². The van der Waals surface area contributed by atoms with E-state index in [1.165, 1.54) is 0 Å². The van der Waals surface area contributed by atoms with Gasteiger partial charge in [-0.2, -0.15) is 0 Å². The van der Waals surface area contributed by atoms with Crippen LogP contribution in [0, 0.1) is 0 Å². The Balaban J connectivity index is 1.70. The average Bonchev–Trinajstić information content (AvgIpc) is 2.73. The van der Waals surface area contributed by atoms with Gasteiger partial charge < -0.3 is 24.7 Å². The summed E-state index contributed by atoms with van der Waals surface area (Å²) >= 11 is 5.47. The van der Waals surface area contributed by atoms with Gasteiger partial charge in [-0.15, -0.1) is 0 Å². The predicted molar refractivity (Wildman–Crippen MR) is 115 cm³/mol. The molecule has 1 aromatic carbocycles. The van der Waals surface area contributed by atoms with E-state index in [2.05, 4.69) is 20.1 Å². The molecule has 0 radical (unpaired) electrons. The van der Waals surface area contributed by atoms with Crippen molar-refractivity contribution < 1.29 is 9.47 Å². The number of fused-ring (bicyclic) bond motifs is 1. The van der Waals surface area contributed by atoms with Gasteiger partial charge in [0.25, 0.3) is 5.56 Å². The molecule has 0 atom stereocenters. The molecular weight excluding hydrogens is 376 g/mol. The van der Waals surface area contributed by atoms with Crippen molar-refractivity contribution in [2.75, 3.05) is 53.6 Å². The molecule has 2 heterocycles. The Labute approximate surface area is 170 Å². The van der Waals surface area contributed by atoms with E-state index in [-0.39, 0.29) is 5.56 Å². The largest absolute Gasteiger partial charge is 0.497 e. The molecule has 1 aliphatic rings. The molecule has 1 saturated heterocycles. The number of pyridine rings is 1. The maximum atomic E-state index is 12.6. The molecule has 1 aromatic heterocycles. The number of methoxy groups -OCH3 is 1. The quantitative estimate of drug-likeness (QED) is 0.679. The highest BCUT2D eigenvalue weighted by molar-refractivity contribution is 7.80. The first-order valence-corrected chi connectivity index (χ1v) is 9.98. The fourth-order valence-electron chi connectivity index (χ4n) is 3.40. The number of nitrogens with zero attached hydrogens (tertiary/aromatic N) is 2. The van der Waals surface area contributed by atoms with E-state index in [1.54, 1.807) is 7.11 Å². The summed E-state index contributed by atoms with van der Waals surface area (Å²) in [4.78, 5) is 20.0. The van der Waals surface area contributed by atoms with Crippen LogP contribution in [0.25, 0.3) is 10.9 Å². The van der Waals surface area contributed by atoms with E-state index in [4.69, 9.17) is 21.7 Å². The van der Waals surface area contributed by atoms with Crippen molar-refractivity contribution in [3.8, 4) is 5.75 Å². The van der Waals surface area contributed by atoms with Crippen LogP contribution < -0.4 is 15.6 Å². The van der Waals surface area contributed by atoms with Crippen LogP contribution in [0.2, 0.25) is 0 Å². The molecule has 0 unspecified atom stereocenters. The Morgan fingerprint density at radius 2 is 2.14 bits per heavy atom. The summed E-state index contributed by atoms with van der Waals surface area (Å²) in [5.41, 5.74) is 1.36. The molecule has 2 N–H and O–H groups in total. The van der Waals surface area contributed by atoms with Crippen LogP contribution in [0.15, 0.2) is 29.1 Å². The number of H-pyrrole nitrogens is 1. The van der Waals surface area contributed by atoms with Gasteiger partial charge >= 0.3 is 0 Å². The van der Waals surface area contributed by atoms with E-state index >= 15 is 0 Å². The van der Waals surface area contributed by atoms with Crippen LogP contribution in [-0.2, 0) is 11.3 Å². The molecule has 152 valence electrons. The Morgan fingerprint density at radius 3 is 2.86 bits per heavy atom. The molecule has 0 aliphatic carbocycles. The normalized spacial score (nSPS) is 14.8. The Hall–Kier alpha value is -2.16. The molecule has 0 amide bonds. The highest BCUT2D eigenvalue weighted by Gasteiger charge is 2.14. The Kier molecular flexibility index (Phi) is 7.24. The number of benzene rings is 1. The van der Waals surface area contributed by atoms with Crippen molar-refractivity contribution >= 4 is 28.2 Å². The second kappa shape index (κ2) is 9.86. The number of rotatable bonds is 7. The summed E-state index contributed by atoms with van der Waals surface area (Å²) < 4.78 is 10.6. The maximum absolute atomic E-state index is 12.6. The summed E-state index contributed by atoms with van der Waals surface area (Å²) in [6, 6.07) is 7.61. The number of aromatic amines is 1. The first kappa shape index (κ1) is 20.6. The second-order valence-corrected chi connectivity index (χ2v) is 7.25. The number of hydrogen-bond acceptors (Lipinski definition) is 5. The third-order valence-electron chi connectivity index (χ3n) is 5.00. The molecule has 0 bridgehead atoms. The summed E-state index contributed by atoms with van der Waals surface area (Å²) in [6.45, 7) is 5.82. The van der Waals surface area contributed by atoms with Crippen molar-refractivity contribution in [1.82, 2.24) is 20.1 Å². The summed E-state index contributed by atoms with van der Waals surface area (Å²) in [6.07, 6.45) is 0.977. The maximum Gasteiger partial charge on any atom is 0.253 e. The van der Waals surface area contributed by atoms with Crippen molar-refractivity contribution in [3.05, 3.63) is 40.2 Å². The monoisotopic (exact) mass is 404 g/mol. The highest BCUT2D eigenvalue weighted by atomic mass is 32.1. The molecule has 1 aliphatic heterocycles. The van der Waals surface area contributed by atoms with E-state index in [9.17, 15) is 4.79 Å². The summed E-state index contributed by atoms with van der Waals surface area (Å²) in [5.74, 6) is 0.719. The van der Waals surface area contributed by atoms with Crippen molar-refractivity contribution in [2.24, 2.45) is 0 Å². The fraction of sp³-hybridized carbons (Fsp3) is 0.500. The van der Waals surface area contributed by atoms with E-state index in [0.717, 1.165) is 62.5 Å². The topological polar surface area (TPSA) is 69.8 Å². The number of aromatic nitrogens is 1. The minimum Gasteiger partial charge on any atom is -0.497 e. The standard InChI is InChI=1S/C20H28N4O3S/c1-21-20(28)24(7-3-6-23-8-10-27-11-9-23)14-16-12-15-4-5-17(26-2)13-18(15)22-19(16)25/h4-5,12-13H,3,6-11,14H2,1-2H3,(H,21,28)(H,22,25). The van der Waals surface area contributed by atoms with Crippen LogP contribution in [0.3, 0.4) is 0 Å². The lowest BCUT2D eigenvalue weighted by atomic mass is 10.1. The molecule has 7 nitrogen and oxygen atoms in total. The zero-order valence-corrected chi connectivity index (χ0v) is 17.3. The average molecular weight is 405 g/mol. The molecule has 2 aromatic rings. The SMILES string of the molecule is CNC(=S)N(CCCN1CCOCC1)Cc1cc2ccc(OC)cc2[nH]c1=O. The molecule has 28 heavy (non-hydrogen) atoms. The number of nitrogens with one attached hydrogen (secondary N) is 2. The summed E-state index contributed by atoms with van der Waals surface area (Å²) in [7, 11) is 3.43. The molecule has 3 rings (SSSR count).